The Bertz CT molecular complexity index is 931. The number of hydrogen-bond acceptors (Lipinski definition) is 3. The fraction of sp³-hybridized carbons (Fsp3) is 0. The van der Waals surface area contributed by atoms with E-state index in [0.717, 1.165) is 10.0 Å². The molecule has 2 aromatic carbocycles. The molecule has 0 amide bonds. The molecule has 0 aliphatic carbocycles. The molecule has 1 N–H and O–H groups in total. The Morgan fingerprint density at radius 3 is 2.61 bits per heavy atom. The molecule has 8 heteroatoms. The van der Waals surface area contributed by atoms with E-state index in [2.05, 4.69) is 31.2 Å². The van der Waals surface area contributed by atoms with Gasteiger partial charge < -0.3 is 0 Å². The van der Waals surface area contributed by atoms with Crippen molar-refractivity contribution in [2.75, 3.05) is 0 Å². The Hall–Kier alpha value is -1.47. The Morgan fingerprint density at radius 2 is 1.91 bits per heavy atom. The average molecular weight is 428 g/mol. The van der Waals surface area contributed by atoms with Crippen LogP contribution in [0.2, 0.25) is 10.0 Å². The second-order valence-electron chi connectivity index (χ2n) is 4.58. The summed E-state index contributed by atoms with van der Waals surface area (Å²) < 4.78 is 2.90. The second kappa shape index (κ2) is 6.97. The van der Waals surface area contributed by atoms with Gasteiger partial charge in [-0.2, -0.15) is 14.9 Å². The molecule has 0 aliphatic rings. The zero-order chi connectivity index (χ0) is 16.4. The zero-order valence-corrected chi connectivity index (χ0v) is 15.4. The third-order valence-corrected chi connectivity index (χ3v) is 4.36. The highest BCUT2D eigenvalue weighted by Crippen LogP contribution is 2.29. The molecule has 0 radical (unpaired) electrons. The van der Waals surface area contributed by atoms with Crippen molar-refractivity contribution in [3.8, 4) is 11.4 Å². The van der Waals surface area contributed by atoms with Crippen molar-refractivity contribution in [2.24, 2.45) is 5.10 Å². The third kappa shape index (κ3) is 3.72. The number of nitrogens with zero attached hydrogens (tertiary/aromatic N) is 3. The number of nitrogens with one attached hydrogen (secondary N) is 1. The molecule has 23 heavy (non-hydrogen) atoms. The van der Waals surface area contributed by atoms with E-state index in [1.807, 2.05) is 24.3 Å². The first-order valence-electron chi connectivity index (χ1n) is 6.47. The Morgan fingerprint density at radius 1 is 1.17 bits per heavy atom. The number of H-pyrrole nitrogens is 1. The van der Waals surface area contributed by atoms with Crippen LogP contribution >= 0.6 is 51.3 Å². The quantitative estimate of drug-likeness (QED) is 0.439. The van der Waals surface area contributed by atoms with E-state index in [0.29, 0.717) is 26.2 Å². The van der Waals surface area contributed by atoms with Crippen molar-refractivity contribution in [2.45, 2.75) is 0 Å². The average Bonchev–Trinajstić information content (AvgIpc) is 2.88. The highest BCUT2D eigenvalue weighted by Gasteiger charge is 2.12. The van der Waals surface area contributed by atoms with E-state index in [1.165, 1.54) is 4.68 Å². The molecule has 0 bridgehead atoms. The summed E-state index contributed by atoms with van der Waals surface area (Å²) in [6.07, 6.45) is 1.70. The Balaban J connectivity index is 2.02. The fourth-order valence-electron chi connectivity index (χ4n) is 1.92. The normalized spacial score (nSPS) is 11.3. The van der Waals surface area contributed by atoms with Gasteiger partial charge in [-0.05, 0) is 48.1 Å². The lowest BCUT2D eigenvalue weighted by molar-refractivity contribution is 0.871. The van der Waals surface area contributed by atoms with Crippen LogP contribution < -0.4 is 0 Å². The number of aromatic nitrogens is 3. The van der Waals surface area contributed by atoms with Crippen LogP contribution in [0.4, 0.5) is 0 Å². The smallest absolute Gasteiger partial charge is 0.216 e. The lowest BCUT2D eigenvalue weighted by atomic mass is 10.2. The van der Waals surface area contributed by atoms with Gasteiger partial charge in [0.15, 0.2) is 5.82 Å². The van der Waals surface area contributed by atoms with Crippen molar-refractivity contribution in [3.63, 3.8) is 0 Å². The molecule has 1 aromatic heterocycles. The predicted molar refractivity (Wildman–Crippen MR) is 100 cm³/mol. The minimum absolute atomic E-state index is 0.374. The topological polar surface area (TPSA) is 46.0 Å². The first kappa shape index (κ1) is 16.4. The molecule has 3 aromatic rings. The van der Waals surface area contributed by atoms with Gasteiger partial charge in [0.25, 0.3) is 0 Å². The summed E-state index contributed by atoms with van der Waals surface area (Å²) in [4.78, 5) is 0. The van der Waals surface area contributed by atoms with Gasteiger partial charge in [0.05, 0.1) is 11.2 Å². The van der Waals surface area contributed by atoms with Gasteiger partial charge >= 0.3 is 0 Å². The molecular weight excluding hydrogens is 419 g/mol. The van der Waals surface area contributed by atoms with Crippen LogP contribution in [0.5, 0.6) is 0 Å². The minimum Gasteiger partial charge on any atom is -0.250 e. The number of halogens is 3. The van der Waals surface area contributed by atoms with E-state index >= 15 is 0 Å². The first-order chi connectivity index (χ1) is 11.0. The van der Waals surface area contributed by atoms with E-state index in [4.69, 9.17) is 35.4 Å². The number of benzene rings is 2. The van der Waals surface area contributed by atoms with Gasteiger partial charge in [-0.15, -0.1) is 0 Å². The Labute approximate surface area is 155 Å². The van der Waals surface area contributed by atoms with E-state index < -0.39 is 0 Å². The first-order valence-corrected chi connectivity index (χ1v) is 8.43. The summed E-state index contributed by atoms with van der Waals surface area (Å²) in [5.74, 6) is 0.519. The largest absolute Gasteiger partial charge is 0.250 e. The van der Waals surface area contributed by atoms with Crippen LogP contribution in [0.3, 0.4) is 0 Å². The molecule has 0 saturated carbocycles. The fourth-order valence-corrected chi connectivity index (χ4v) is 2.85. The molecule has 0 unspecified atom stereocenters. The van der Waals surface area contributed by atoms with Crippen LogP contribution in [0.25, 0.3) is 11.4 Å². The molecule has 3 rings (SSSR count). The Kier molecular flexibility index (Phi) is 4.96. The second-order valence-corrected chi connectivity index (χ2v) is 6.73. The maximum absolute atomic E-state index is 6.24. The van der Waals surface area contributed by atoms with Crippen molar-refractivity contribution in [1.29, 1.82) is 0 Å². The molecule has 0 fully saturated rings. The van der Waals surface area contributed by atoms with Gasteiger partial charge in [-0.3, -0.25) is 0 Å². The summed E-state index contributed by atoms with van der Waals surface area (Å²) >= 11 is 20.8. The van der Waals surface area contributed by atoms with Gasteiger partial charge in [0.2, 0.25) is 4.77 Å². The van der Waals surface area contributed by atoms with E-state index in [9.17, 15) is 0 Å². The summed E-state index contributed by atoms with van der Waals surface area (Å²) in [7, 11) is 0. The van der Waals surface area contributed by atoms with Crippen LogP contribution in [-0.2, 0) is 0 Å². The standard InChI is InChI=1S/C15H9BrCl2N4S/c16-10-3-1-9(2-4-10)8-19-22-14(20-21-15(22)23)12-6-5-11(17)7-13(12)18/h1-8H,(H,21,23)/b19-8+. The molecule has 4 nitrogen and oxygen atoms in total. The molecule has 0 saturated heterocycles. The molecule has 0 spiro atoms. The summed E-state index contributed by atoms with van der Waals surface area (Å²) in [6.45, 7) is 0. The predicted octanol–water partition coefficient (Wildman–Crippen LogP) is 5.56. The summed E-state index contributed by atoms with van der Waals surface area (Å²) in [6, 6.07) is 12.9. The van der Waals surface area contributed by atoms with Crippen molar-refractivity contribution >= 4 is 57.6 Å². The summed E-state index contributed by atoms with van der Waals surface area (Å²) in [5, 5.41) is 12.3. The van der Waals surface area contributed by atoms with E-state index in [-0.39, 0.29) is 0 Å². The summed E-state index contributed by atoms with van der Waals surface area (Å²) in [5.41, 5.74) is 1.63. The van der Waals surface area contributed by atoms with Gasteiger partial charge in [0, 0.05) is 15.1 Å². The number of aromatic amines is 1. The highest BCUT2D eigenvalue weighted by molar-refractivity contribution is 9.10. The third-order valence-electron chi connectivity index (χ3n) is 3.01. The van der Waals surface area contributed by atoms with Gasteiger partial charge in [-0.1, -0.05) is 51.3 Å². The lowest BCUT2D eigenvalue weighted by Crippen LogP contribution is -1.95. The van der Waals surface area contributed by atoms with Crippen molar-refractivity contribution < 1.29 is 0 Å². The van der Waals surface area contributed by atoms with Gasteiger partial charge in [0.1, 0.15) is 0 Å². The number of hydrogen-bond donors (Lipinski definition) is 1. The zero-order valence-electron chi connectivity index (χ0n) is 11.5. The molecule has 116 valence electrons. The highest BCUT2D eigenvalue weighted by atomic mass is 79.9. The maximum atomic E-state index is 6.24. The molecule has 0 atom stereocenters. The van der Waals surface area contributed by atoms with Crippen LogP contribution in [-0.4, -0.2) is 21.1 Å². The van der Waals surface area contributed by atoms with Gasteiger partial charge in [-0.25, -0.2) is 5.10 Å². The SMILES string of the molecule is S=c1[nH]nc(-c2ccc(Cl)cc2Cl)n1/N=C/c1ccc(Br)cc1. The van der Waals surface area contributed by atoms with Crippen LogP contribution in [0, 0.1) is 4.77 Å². The maximum Gasteiger partial charge on any atom is 0.216 e. The monoisotopic (exact) mass is 426 g/mol. The number of rotatable bonds is 3. The minimum atomic E-state index is 0.374. The van der Waals surface area contributed by atoms with Crippen molar-refractivity contribution in [3.05, 3.63) is 67.3 Å². The lowest BCUT2D eigenvalue weighted by Gasteiger charge is -2.04. The van der Waals surface area contributed by atoms with Crippen molar-refractivity contribution in [1.82, 2.24) is 14.9 Å². The van der Waals surface area contributed by atoms with E-state index in [1.54, 1.807) is 24.4 Å². The van der Waals surface area contributed by atoms with Crippen LogP contribution in [0.15, 0.2) is 52.0 Å². The molecular formula is C15H9BrCl2N4S. The van der Waals surface area contributed by atoms with Crippen LogP contribution in [0.1, 0.15) is 5.56 Å². The molecule has 1 heterocycles. The molecule has 0 aliphatic heterocycles.